The van der Waals surface area contributed by atoms with E-state index in [9.17, 15) is 14.7 Å². The highest BCUT2D eigenvalue weighted by Crippen LogP contribution is 2.26. The molecular weight excluding hydrogens is 342 g/mol. The highest BCUT2D eigenvalue weighted by atomic mass is 35.5. The third-order valence-corrected chi connectivity index (χ3v) is 4.00. The molecule has 0 aliphatic carbocycles. The van der Waals surface area contributed by atoms with E-state index in [0.717, 1.165) is 0 Å². The van der Waals surface area contributed by atoms with Crippen LogP contribution in [0.2, 0.25) is 5.02 Å². The number of rotatable bonds is 5. The third-order valence-electron chi connectivity index (χ3n) is 3.77. The van der Waals surface area contributed by atoms with Gasteiger partial charge in [-0.05, 0) is 36.8 Å². The number of phenolic OH excluding ortho intramolecular Hbond substituents is 1. The van der Waals surface area contributed by atoms with Crippen LogP contribution in [0.5, 0.6) is 5.75 Å². The topological polar surface area (TPSA) is 84.2 Å². The van der Waals surface area contributed by atoms with Crippen LogP contribution in [0.3, 0.4) is 0 Å². The van der Waals surface area contributed by atoms with E-state index in [4.69, 9.17) is 11.6 Å². The van der Waals surface area contributed by atoms with E-state index in [0.29, 0.717) is 28.9 Å². The molecule has 0 aliphatic heterocycles. The Bertz CT molecular complexity index is 985. The second-order valence-electron chi connectivity index (χ2n) is 5.57. The maximum absolute atomic E-state index is 12.4. The van der Waals surface area contributed by atoms with Gasteiger partial charge < -0.3 is 10.4 Å². The number of aromatic hydroxyl groups is 1. The zero-order valence-corrected chi connectivity index (χ0v) is 14.0. The van der Waals surface area contributed by atoms with Gasteiger partial charge in [0, 0.05) is 18.0 Å². The molecule has 0 radical (unpaired) electrons. The number of benzene rings is 2. The van der Waals surface area contributed by atoms with Gasteiger partial charge in [0.15, 0.2) is 0 Å². The molecule has 1 amide bonds. The molecule has 0 atom stereocenters. The fraction of sp³-hybridized carbons (Fsp3) is 0.167. The van der Waals surface area contributed by atoms with Crippen molar-refractivity contribution in [3.63, 3.8) is 0 Å². The summed E-state index contributed by atoms with van der Waals surface area (Å²) in [7, 11) is 0. The second-order valence-corrected chi connectivity index (χ2v) is 6.01. The maximum Gasteiger partial charge on any atom is 0.261 e. The summed E-state index contributed by atoms with van der Waals surface area (Å²) in [6.45, 7) is 0.381. The van der Waals surface area contributed by atoms with E-state index < -0.39 is 0 Å². The van der Waals surface area contributed by atoms with Gasteiger partial charge in [-0.2, -0.15) is 0 Å². The lowest BCUT2D eigenvalue weighted by Crippen LogP contribution is -2.21. The zero-order valence-electron chi connectivity index (χ0n) is 13.3. The van der Waals surface area contributed by atoms with E-state index >= 15 is 0 Å². The fourth-order valence-electron chi connectivity index (χ4n) is 2.50. The second kappa shape index (κ2) is 7.36. The van der Waals surface area contributed by atoms with E-state index in [1.165, 1.54) is 29.1 Å². The van der Waals surface area contributed by atoms with E-state index in [1.54, 1.807) is 18.2 Å². The van der Waals surface area contributed by atoms with Crippen LogP contribution in [0.15, 0.2) is 53.6 Å². The molecule has 0 aliphatic rings. The Labute approximate surface area is 148 Å². The summed E-state index contributed by atoms with van der Waals surface area (Å²) in [5, 5.41) is 13.3. The normalized spacial score (nSPS) is 10.8. The van der Waals surface area contributed by atoms with Crippen molar-refractivity contribution < 1.29 is 9.90 Å². The summed E-state index contributed by atoms with van der Waals surface area (Å²) in [4.78, 5) is 28.6. The van der Waals surface area contributed by atoms with Crippen LogP contribution in [-0.4, -0.2) is 20.6 Å². The minimum atomic E-state index is -0.264. The molecule has 2 aromatic carbocycles. The van der Waals surface area contributed by atoms with Crippen LogP contribution in [0, 0.1) is 0 Å². The molecule has 0 spiro atoms. The first kappa shape index (κ1) is 17.0. The van der Waals surface area contributed by atoms with Crippen molar-refractivity contribution in [2.45, 2.75) is 19.4 Å². The largest absolute Gasteiger partial charge is 0.506 e. The first-order chi connectivity index (χ1) is 12.0. The average Bonchev–Trinajstić information content (AvgIpc) is 2.60. The number of aryl methyl sites for hydroxylation is 1. The minimum absolute atomic E-state index is 0.0484. The highest BCUT2D eigenvalue weighted by Gasteiger charge is 2.08. The van der Waals surface area contributed by atoms with Crippen molar-refractivity contribution in [3.05, 3.63) is 64.2 Å². The molecule has 128 valence electrons. The van der Waals surface area contributed by atoms with Gasteiger partial charge in [-0.15, -0.1) is 0 Å². The number of phenols is 1. The third kappa shape index (κ3) is 3.97. The van der Waals surface area contributed by atoms with Crippen molar-refractivity contribution >= 4 is 34.1 Å². The van der Waals surface area contributed by atoms with Gasteiger partial charge in [-0.1, -0.05) is 23.7 Å². The maximum atomic E-state index is 12.4. The number of carbonyl (C=O) groups is 1. The number of amides is 1. The van der Waals surface area contributed by atoms with Gasteiger partial charge in [0.05, 0.1) is 22.9 Å². The smallest absolute Gasteiger partial charge is 0.261 e. The Morgan fingerprint density at radius 1 is 1.24 bits per heavy atom. The van der Waals surface area contributed by atoms with Crippen molar-refractivity contribution in [2.24, 2.45) is 0 Å². The van der Waals surface area contributed by atoms with E-state index in [-0.39, 0.29) is 29.3 Å². The molecule has 0 bridgehead atoms. The number of fused-ring (bicyclic) bond motifs is 1. The number of nitrogens with zero attached hydrogens (tertiary/aromatic N) is 2. The van der Waals surface area contributed by atoms with Gasteiger partial charge in [-0.25, -0.2) is 4.98 Å². The number of hydrogen-bond acceptors (Lipinski definition) is 4. The number of aromatic nitrogens is 2. The van der Waals surface area contributed by atoms with Crippen LogP contribution < -0.4 is 10.9 Å². The van der Waals surface area contributed by atoms with Crippen molar-refractivity contribution in [2.75, 3.05) is 5.32 Å². The molecule has 7 heteroatoms. The van der Waals surface area contributed by atoms with E-state index in [2.05, 4.69) is 10.3 Å². The molecular formula is C18H16ClN3O3. The quantitative estimate of drug-likeness (QED) is 0.687. The number of hydrogen-bond donors (Lipinski definition) is 2. The Morgan fingerprint density at radius 2 is 2.04 bits per heavy atom. The molecule has 0 fully saturated rings. The van der Waals surface area contributed by atoms with Crippen LogP contribution in [0.4, 0.5) is 5.69 Å². The molecule has 2 N–H and O–H groups in total. The number of anilines is 1. The minimum Gasteiger partial charge on any atom is -0.506 e. The molecule has 3 aromatic rings. The first-order valence-corrected chi connectivity index (χ1v) is 8.15. The summed E-state index contributed by atoms with van der Waals surface area (Å²) in [5.41, 5.74) is 0.790. The Balaban J connectivity index is 1.61. The molecule has 6 nitrogen and oxygen atoms in total. The number of nitrogens with one attached hydrogen (secondary N) is 1. The Hall–Kier alpha value is -2.86. The van der Waals surface area contributed by atoms with Gasteiger partial charge in [0.1, 0.15) is 5.75 Å². The molecule has 0 saturated heterocycles. The van der Waals surface area contributed by atoms with Gasteiger partial charge in [-0.3, -0.25) is 14.2 Å². The molecule has 0 unspecified atom stereocenters. The molecule has 25 heavy (non-hydrogen) atoms. The van der Waals surface area contributed by atoms with Crippen LogP contribution in [0.25, 0.3) is 10.9 Å². The number of halogens is 1. The predicted molar refractivity (Wildman–Crippen MR) is 97.0 cm³/mol. The molecule has 0 saturated carbocycles. The summed E-state index contributed by atoms with van der Waals surface area (Å²) >= 11 is 5.84. The molecule has 1 heterocycles. The van der Waals surface area contributed by atoms with Gasteiger partial charge in [0.25, 0.3) is 5.56 Å². The summed E-state index contributed by atoms with van der Waals surface area (Å²) < 4.78 is 1.49. The first-order valence-electron chi connectivity index (χ1n) is 7.77. The number of carbonyl (C=O) groups excluding carboxylic acids is 1. The van der Waals surface area contributed by atoms with Crippen molar-refractivity contribution in [1.82, 2.24) is 9.55 Å². The summed E-state index contributed by atoms with van der Waals surface area (Å²) in [5.74, 6) is -0.313. The van der Waals surface area contributed by atoms with Gasteiger partial charge in [0.2, 0.25) is 5.91 Å². The van der Waals surface area contributed by atoms with Crippen LogP contribution in [0.1, 0.15) is 12.8 Å². The molecule has 3 rings (SSSR count). The Kier molecular flexibility index (Phi) is 5.00. The lowest BCUT2D eigenvalue weighted by Gasteiger charge is -2.09. The van der Waals surface area contributed by atoms with E-state index in [1.807, 2.05) is 6.07 Å². The average molecular weight is 358 g/mol. The predicted octanol–water partition coefficient (Wildman–Crippen LogP) is 3.17. The summed E-state index contributed by atoms with van der Waals surface area (Å²) in [6, 6.07) is 11.6. The van der Waals surface area contributed by atoms with Crippen molar-refractivity contribution in [1.29, 1.82) is 0 Å². The highest BCUT2D eigenvalue weighted by molar-refractivity contribution is 6.31. The SMILES string of the molecule is O=C(CCCn1cnc2ccccc2c1=O)Nc1cc(Cl)ccc1O. The summed E-state index contributed by atoms with van der Waals surface area (Å²) in [6.07, 6.45) is 2.16. The fourth-order valence-corrected chi connectivity index (χ4v) is 2.67. The zero-order chi connectivity index (χ0) is 17.8. The van der Waals surface area contributed by atoms with Crippen LogP contribution >= 0.6 is 11.6 Å². The lowest BCUT2D eigenvalue weighted by atomic mass is 10.2. The van der Waals surface area contributed by atoms with Gasteiger partial charge >= 0.3 is 0 Å². The standard InChI is InChI=1S/C18H16ClN3O3/c19-12-7-8-16(23)15(10-12)21-17(24)6-3-9-22-11-20-14-5-2-1-4-13(14)18(22)25/h1-2,4-5,7-8,10-11,23H,3,6,9H2,(H,21,24). The molecule has 1 aromatic heterocycles. The van der Waals surface area contributed by atoms with Crippen LogP contribution in [-0.2, 0) is 11.3 Å². The lowest BCUT2D eigenvalue weighted by molar-refractivity contribution is -0.116. The van der Waals surface area contributed by atoms with Crippen molar-refractivity contribution in [3.8, 4) is 5.75 Å². The monoisotopic (exact) mass is 357 g/mol. The number of para-hydroxylation sites is 1. The Morgan fingerprint density at radius 3 is 2.88 bits per heavy atom.